The van der Waals surface area contributed by atoms with E-state index in [0.717, 1.165) is 17.0 Å². The van der Waals surface area contributed by atoms with Gasteiger partial charge in [-0.3, -0.25) is 4.79 Å². The first-order chi connectivity index (χ1) is 9.60. The third-order valence-electron chi connectivity index (χ3n) is 3.39. The van der Waals surface area contributed by atoms with Crippen LogP contribution in [0.25, 0.3) is 0 Å². The Morgan fingerprint density at radius 2 is 2.35 bits per heavy atom. The molecule has 0 atom stereocenters. The van der Waals surface area contributed by atoms with Gasteiger partial charge in [-0.05, 0) is 37.7 Å². The molecule has 1 amide bonds. The van der Waals surface area contributed by atoms with E-state index in [1.807, 2.05) is 24.8 Å². The average Bonchev–Trinajstić information content (AvgIpc) is 3.14. The smallest absolute Gasteiger partial charge is 0.261 e. The normalized spacial score (nSPS) is 15.3. The van der Waals surface area contributed by atoms with E-state index >= 15 is 0 Å². The Balaban J connectivity index is 1.97. The van der Waals surface area contributed by atoms with E-state index in [-0.39, 0.29) is 17.3 Å². The van der Waals surface area contributed by atoms with Crippen LogP contribution in [0.3, 0.4) is 0 Å². The minimum Gasteiger partial charge on any atom is -0.395 e. The standard InChI is InChI=1S/C15H19NO2S2/c1-11-9-13(20-12(11)5-3-4-8-17)14(18)16-10-15(19-2)6-7-15/h9,17H,4,6-8,10H2,1-2H3,(H,16,18). The number of aliphatic hydroxyl groups is 1. The summed E-state index contributed by atoms with van der Waals surface area (Å²) in [4.78, 5) is 13.8. The maximum atomic E-state index is 12.1. The van der Waals surface area contributed by atoms with E-state index in [2.05, 4.69) is 23.4 Å². The first-order valence-corrected chi connectivity index (χ1v) is 8.68. The molecule has 2 N–H and O–H groups in total. The molecule has 1 heterocycles. The molecule has 5 heteroatoms. The molecule has 1 aromatic heterocycles. The fourth-order valence-corrected chi connectivity index (χ4v) is 3.53. The monoisotopic (exact) mass is 309 g/mol. The Labute approximate surface area is 128 Å². The summed E-state index contributed by atoms with van der Waals surface area (Å²) in [7, 11) is 0. The Morgan fingerprint density at radius 3 is 2.95 bits per heavy atom. The van der Waals surface area contributed by atoms with E-state index in [4.69, 9.17) is 5.11 Å². The van der Waals surface area contributed by atoms with Crippen LogP contribution in [-0.2, 0) is 0 Å². The summed E-state index contributed by atoms with van der Waals surface area (Å²) in [5, 5.41) is 11.7. The third-order valence-corrected chi connectivity index (χ3v) is 5.96. The quantitative estimate of drug-likeness (QED) is 0.821. The van der Waals surface area contributed by atoms with E-state index in [1.54, 1.807) is 0 Å². The van der Waals surface area contributed by atoms with Crippen molar-refractivity contribution in [3.05, 3.63) is 21.4 Å². The minimum atomic E-state index is -0.00590. The fraction of sp³-hybridized carbons (Fsp3) is 0.533. The predicted molar refractivity (Wildman–Crippen MR) is 85.5 cm³/mol. The van der Waals surface area contributed by atoms with Crippen molar-refractivity contribution in [1.82, 2.24) is 5.32 Å². The predicted octanol–water partition coefficient (Wildman–Crippen LogP) is 2.42. The van der Waals surface area contributed by atoms with Gasteiger partial charge in [0, 0.05) is 17.7 Å². The summed E-state index contributed by atoms with van der Waals surface area (Å²) in [6.45, 7) is 2.78. The van der Waals surface area contributed by atoms with Gasteiger partial charge in [0.05, 0.1) is 16.4 Å². The highest BCUT2D eigenvalue weighted by molar-refractivity contribution is 8.00. The van der Waals surface area contributed by atoms with E-state index in [0.29, 0.717) is 11.3 Å². The van der Waals surface area contributed by atoms with Crippen LogP contribution in [0.2, 0.25) is 0 Å². The van der Waals surface area contributed by atoms with Gasteiger partial charge in [-0.2, -0.15) is 11.8 Å². The van der Waals surface area contributed by atoms with Crippen molar-refractivity contribution >= 4 is 29.0 Å². The highest BCUT2D eigenvalue weighted by atomic mass is 32.2. The van der Waals surface area contributed by atoms with Crippen molar-refractivity contribution in [1.29, 1.82) is 0 Å². The average molecular weight is 309 g/mol. The molecule has 0 bridgehead atoms. The van der Waals surface area contributed by atoms with Crippen molar-refractivity contribution in [2.75, 3.05) is 19.4 Å². The Bertz CT molecular complexity index is 550. The van der Waals surface area contributed by atoms with Gasteiger partial charge in [0.15, 0.2) is 0 Å². The molecule has 0 saturated heterocycles. The molecule has 0 radical (unpaired) electrons. The first kappa shape index (κ1) is 15.4. The van der Waals surface area contributed by atoms with Crippen molar-refractivity contribution in [3.63, 3.8) is 0 Å². The number of carbonyl (C=O) groups is 1. The van der Waals surface area contributed by atoms with E-state index in [9.17, 15) is 4.79 Å². The number of aryl methyl sites for hydroxylation is 1. The molecule has 20 heavy (non-hydrogen) atoms. The van der Waals surface area contributed by atoms with Crippen LogP contribution in [-0.4, -0.2) is 35.2 Å². The van der Waals surface area contributed by atoms with Crippen LogP contribution in [0, 0.1) is 18.8 Å². The van der Waals surface area contributed by atoms with Gasteiger partial charge in [0.1, 0.15) is 0 Å². The van der Waals surface area contributed by atoms with Gasteiger partial charge in [-0.25, -0.2) is 0 Å². The number of thioether (sulfide) groups is 1. The Hall–Kier alpha value is -0.960. The molecule has 0 aliphatic heterocycles. The largest absolute Gasteiger partial charge is 0.395 e. The summed E-state index contributed by atoms with van der Waals surface area (Å²) < 4.78 is 0.283. The molecule has 1 saturated carbocycles. The topological polar surface area (TPSA) is 49.3 Å². The summed E-state index contributed by atoms with van der Waals surface area (Å²) in [6, 6.07) is 1.89. The molecule has 108 valence electrons. The molecule has 1 fully saturated rings. The van der Waals surface area contributed by atoms with Crippen LogP contribution in [0.15, 0.2) is 6.07 Å². The van der Waals surface area contributed by atoms with Crippen molar-refractivity contribution in [2.24, 2.45) is 0 Å². The van der Waals surface area contributed by atoms with Crippen LogP contribution >= 0.6 is 23.1 Å². The lowest BCUT2D eigenvalue weighted by Crippen LogP contribution is -2.31. The summed E-state index contributed by atoms with van der Waals surface area (Å²) in [5.41, 5.74) is 1.02. The van der Waals surface area contributed by atoms with Gasteiger partial charge >= 0.3 is 0 Å². The highest BCUT2D eigenvalue weighted by Crippen LogP contribution is 2.46. The SMILES string of the molecule is CSC1(CNC(=O)c2cc(C)c(C#CCCO)s2)CC1. The maximum absolute atomic E-state index is 12.1. The van der Waals surface area contributed by atoms with Gasteiger partial charge in [-0.15, -0.1) is 11.3 Å². The highest BCUT2D eigenvalue weighted by Gasteiger charge is 2.42. The first-order valence-electron chi connectivity index (χ1n) is 6.64. The second-order valence-corrected chi connectivity index (χ2v) is 7.29. The zero-order valence-electron chi connectivity index (χ0n) is 11.8. The van der Waals surface area contributed by atoms with Crippen molar-refractivity contribution in [2.45, 2.75) is 30.9 Å². The molecule has 0 unspecified atom stereocenters. The molecule has 0 aromatic carbocycles. The third kappa shape index (κ3) is 3.78. The van der Waals surface area contributed by atoms with E-state index in [1.165, 1.54) is 24.2 Å². The number of aliphatic hydroxyl groups excluding tert-OH is 1. The minimum absolute atomic E-state index is 0.00590. The Kier molecular flexibility index (Phi) is 5.14. The van der Waals surface area contributed by atoms with Crippen LogP contribution in [0.5, 0.6) is 0 Å². The van der Waals surface area contributed by atoms with Crippen molar-refractivity contribution in [3.8, 4) is 11.8 Å². The number of thiophene rings is 1. The second-order valence-electron chi connectivity index (χ2n) is 4.97. The van der Waals surface area contributed by atoms with E-state index < -0.39 is 0 Å². The lowest BCUT2D eigenvalue weighted by molar-refractivity contribution is 0.0957. The zero-order chi connectivity index (χ0) is 14.6. The van der Waals surface area contributed by atoms with Crippen LogP contribution in [0.1, 0.15) is 39.4 Å². The van der Waals surface area contributed by atoms with Gasteiger partial charge in [0.2, 0.25) is 0 Å². The molecule has 2 rings (SSSR count). The van der Waals surface area contributed by atoms with Gasteiger partial charge < -0.3 is 10.4 Å². The molecule has 1 aliphatic carbocycles. The number of amides is 1. The van der Waals surface area contributed by atoms with Gasteiger partial charge in [-0.1, -0.05) is 11.8 Å². The lowest BCUT2D eigenvalue weighted by atomic mass is 10.2. The van der Waals surface area contributed by atoms with Crippen molar-refractivity contribution < 1.29 is 9.90 Å². The molecule has 0 spiro atoms. The number of carbonyl (C=O) groups excluding carboxylic acids is 1. The van der Waals surface area contributed by atoms with Crippen LogP contribution in [0.4, 0.5) is 0 Å². The summed E-state index contributed by atoms with van der Waals surface area (Å²) in [6.07, 6.45) is 4.95. The molecule has 1 aromatic rings. The van der Waals surface area contributed by atoms with Crippen LogP contribution < -0.4 is 5.32 Å². The molecular weight excluding hydrogens is 290 g/mol. The zero-order valence-corrected chi connectivity index (χ0v) is 13.4. The maximum Gasteiger partial charge on any atom is 0.261 e. The summed E-state index contributed by atoms with van der Waals surface area (Å²) in [5.74, 6) is 5.90. The second kappa shape index (κ2) is 6.66. The summed E-state index contributed by atoms with van der Waals surface area (Å²) >= 11 is 3.26. The number of rotatable bonds is 5. The molecular formula is C15H19NO2S2. The Morgan fingerprint density at radius 1 is 1.60 bits per heavy atom. The molecule has 3 nitrogen and oxygen atoms in total. The number of nitrogens with one attached hydrogen (secondary N) is 1. The lowest BCUT2D eigenvalue weighted by Gasteiger charge is -2.12. The molecule has 1 aliphatic rings. The number of hydrogen-bond acceptors (Lipinski definition) is 4. The fourth-order valence-electron chi connectivity index (χ4n) is 1.84. The number of hydrogen-bond donors (Lipinski definition) is 2. The van der Waals surface area contributed by atoms with Gasteiger partial charge in [0.25, 0.3) is 5.91 Å².